The number of benzene rings is 3. The molecule has 0 saturated heterocycles. The molecular weight excluding hydrogens is 394 g/mol. The Labute approximate surface area is 179 Å². The van der Waals surface area contributed by atoms with Crippen molar-refractivity contribution in [1.29, 1.82) is 0 Å². The maximum absolute atomic E-state index is 12.6. The maximum Gasteiger partial charge on any atom is 0.414 e. The van der Waals surface area contributed by atoms with Gasteiger partial charge in [0, 0.05) is 23.1 Å². The molecule has 3 aromatic carbocycles. The van der Waals surface area contributed by atoms with E-state index in [9.17, 15) is 14.7 Å². The number of anilines is 1. The number of methoxy groups -OCH3 is 1. The first-order chi connectivity index (χ1) is 15.1. The predicted octanol–water partition coefficient (Wildman–Crippen LogP) is 5.37. The van der Waals surface area contributed by atoms with E-state index in [1.54, 1.807) is 18.2 Å². The Morgan fingerprint density at radius 2 is 1.65 bits per heavy atom. The van der Waals surface area contributed by atoms with Crippen molar-refractivity contribution in [3.63, 3.8) is 0 Å². The third-order valence-electron chi connectivity index (χ3n) is 5.08. The third-order valence-corrected chi connectivity index (χ3v) is 5.08. The van der Waals surface area contributed by atoms with Crippen LogP contribution in [0.4, 0.5) is 10.5 Å². The van der Waals surface area contributed by atoms with Crippen molar-refractivity contribution in [1.82, 2.24) is 0 Å². The fourth-order valence-corrected chi connectivity index (χ4v) is 3.56. The van der Waals surface area contributed by atoms with Crippen LogP contribution in [0.5, 0.6) is 0 Å². The van der Waals surface area contributed by atoms with Crippen molar-refractivity contribution in [2.45, 2.75) is 12.5 Å². The number of carbonyl (C=O) groups excluding carboxylic acids is 1. The molecule has 1 atom stereocenters. The zero-order chi connectivity index (χ0) is 21.8. The molecule has 0 unspecified atom stereocenters. The van der Waals surface area contributed by atoms with Crippen molar-refractivity contribution in [2.24, 2.45) is 0 Å². The molecule has 0 radical (unpaired) electrons. The van der Waals surface area contributed by atoms with Crippen molar-refractivity contribution < 1.29 is 23.8 Å². The molecule has 0 saturated carbocycles. The van der Waals surface area contributed by atoms with E-state index < -0.39 is 18.1 Å². The molecule has 0 fully saturated rings. The van der Waals surface area contributed by atoms with E-state index in [1.165, 1.54) is 12.0 Å². The number of hydrogen-bond acceptors (Lipinski definition) is 4. The summed E-state index contributed by atoms with van der Waals surface area (Å²) in [6.07, 6.45) is -0.598. The number of rotatable bonds is 6. The lowest BCUT2D eigenvalue weighted by Crippen LogP contribution is -2.46. The van der Waals surface area contributed by atoms with Gasteiger partial charge in [-0.05, 0) is 29.8 Å². The zero-order valence-corrected chi connectivity index (χ0v) is 16.9. The molecular formula is C25H21NO5. The standard InChI is InChI=1S/C25H21NO5/c1-30-25(29)26(21(24(27)28)14-17-8-4-2-5-9-17)20-12-13-22-19(15-20)16-23(31-22)18-10-6-3-7-11-18/h2-13,15-16,21H,14H2,1H3,(H,27,28)/t21-/m1/s1. The highest BCUT2D eigenvalue weighted by Gasteiger charge is 2.32. The van der Waals surface area contributed by atoms with Gasteiger partial charge in [0.1, 0.15) is 17.4 Å². The number of amides is 1. The van der Waals surface area contributed by atoms with E-state index >= 15 is 0 Å². The van der Waals surface area contributed by atoms with Crippen LogP contribution < -0.4 is 4.90 Å². The molecule has 31 heavy (non-hydrogen) atoms. The Morgan fingerprint density at radius 1 is 0.968 bits per heavy atom. The van der Waals surface area contributed by atoms with Gasteiger partial charge >= 0.3 is 12.1 Å². The number of carbonyl (C=O) groups is 2. The van der Waals surface area contributed by atoms with Crippen molar-refractivity contribution in [2.75, 3.05) is 12.0 Å². The third kappa shape index (κ3) is 4.28. The van der Waals surface area contributed by atoms with Crippen LogP contribution in [0.2, 0.25) is 0 Å². The lowest BCUT2D eigenvalue weighted by atomic mass is 10.0. The summed E-state index contributed by atoms with van der Waals surface area (Å²) in [6.45, 7) is 0. The predicted molar refractivity (Wildman–Crippen MR) is 118 cm³/mol. The fourth-order valence-electron chi connectivity index (χ4n) is 3.56. The van der Waals surface area contributed by atoms with Crippen LogP contribution in [0.1, 0.15) is 5.56 Å². The van der Waals surface area contributed by atoms with Crippen molar-refractivity contribution in [3.05, 3.63) is 90.5 Å². The number of carboxylic acids is 1. The Morgan fingerprint density at radius 3 is 2.29 bits per heavy atom. The Balaban J connectivity index is 1.74. The van der Waals surface area contributed by atoms with E-state index in [2.05, 4.69) is 0 Å². The van der Waals surface area contributed by atoms with E-state index in [4.69, 9.17) is 9.15 Å². The number of hydrogen-bond donors (Lipinski definition) is 1. The Bertz CT molecular complexity index is 1200. The second-order valence-electron chi connectivity index (χ2n) is 7.08. The first-order valence-corrected chi connectivity index (χ1v) is 9.80. The summed E-state index contributed by atoms with van der Waals surface area (Å²) >= 11 is 0. The summed E-state index contributed by atoms with van der Waals surface area (Å²) in [4.78, 5) is 25.9. The van der Waals surface area contributed by atoms with Crippen LogP contribution in [-0.4, -0.2) is 30.3 Å². The van der Waals surface area contributed by atoms with Gasteiger partial charge in [-0.3, -0.25) is 4.90 Å². The summed E-state index contributed by atoms with van der Waals surface area (Å²) in [7, 11) is 1.24. The molecule has 1 heterocycles. The molecule has 6 heteroatoms. The minimum atomic E-state index is -1.13. The average Bonchev–Trinajstić information content (AvgIpc) is 3.23. The molecule has 1 amide bonds. The minimum Gasteiger partial charge on any atom is -0.480 e. The summed E-state index contributed by atoms with van der Waals surface area (Å²) in [5, 5.41) is 10.7. The molecule has 156 valence electrons. The van der Waals surface area contributed by atoms with Gasteiger partial charge in [0.2, 0.25) is 0 Å². The highest BCUT2D eigenvalue weighted by molar-refractivity contribution is 5.97. The van der Waals surface area contributed by atoms with Gasteiger partial charge in [0.15, 0.2) is 0 Å². The number of furan rings is 1. The zero-order valence-electron chi connectivity index (χ0n) is 16.9. The maximum atomic E-state index is 12.6. The number of ether oxygens (including phenoxy) is 1. The van der Waals surface area contributed by atoms with Crippen LogP contribution in [0, 0.1) is 0 Å². The van der Waals surface area contributed by atoms with Crippen LogP contribution in [0.25, 0.3) is 22.3 Å². The molecule has 0 aliphatic rings. The second kappa shape index (κ2) is 8.75. The van der Waals surface area contributed by atoms with Gasteiger partial charge in [0.25, 0.3) is 0 Å². The van der Waals surface area contributed by atoms with Gasteiger partial charge in [0.05, 0.1) is 7.11 Å². The molecule has 1 aromatic heterocycles. The van der Waals surface area contributed by atoms with Gasteiger partial charge in [-0.15, -0.1) is 0 Å². The number of carboxylic acid groups (broad SMARTS) is 1. The van der Waals surface area contributed by atoms with E-state index in [0.717, 1.165) is 16.5 Å². The lowest BCUT2D eigenvalue weighted by molar-refractivity contribution is -0.138. The number of nitrogens with zero attached hydrogens (tertiary/aromatic N) is 1. The van der Waals surface area contributed by atoms with Crippen LogP contribution in [0.15, 0.2) is 89.3 Å². The molecule has 0 bridgehead atoms. The number of aliphatic carboxylic acids is 1. The summed E-state index contributed by atoms with van der Waals surface area (Å²) < 4.78 is 10.9. The van der Waals surface area contributed by atoms with Gasteiger partial charge in [-0.1, -0.05) is 60.7 Å². The van der Waals surface area contributed by atoms with E-state index in [0.29, 0.717) is 17.0 Å². The fraction of sp³-hybridized carbons (Fsp3) is 0.120. The molecule has 6 nitrogen and oxygen atoms in total. The quantitative estimate of drug-likeness (QED) is 0.458. The van der Waals surface area contributed by atoms with Gasteiger partial charge in [-0.2, -0.15) is 0 Å². The summed E-state index contributed by atoms with van der Waals surface area (Å²) in [6, 6.07) is 24.7. The molecule has 4 rings (SSSR count). The average molecular weight is 415 g/mol. The van der Waals surface area contributed by atoms with E-state index in [1.807, 2.05) is 66.7 Å². The summed E-state index contributed by atoms with van der Waals surface area (Å²) in [5.41, 5.74) is 2.79. The SMILES string of the molecule is COC(=O)N(c1ccc2oc(-c3ccccc3)cc2c1)[C@H](Cc1ccccc1)C(=O)O. The van der Waals surface area contributed by atoms with Crippen LogP contribution in [0.3, 0.4) is 0 Å². The smallest absolute Gasteiger partial charge is 0.414 e. The van der Waals surface area contributed by atoms with Crippen LogP contribution in [-0.2, 0) is 16.0 Å². The van der Waals surface area contributed by atoms with Gasteiger partial charge < -0.3 is 14.3 Å². The van der Waals surface area contributed by atoms with Gasteiger partial charge in [-0.25, -0.2) is 9.59 Å². The largest absolute Gasteiger partial charge is 0.480 e. The second-order valence-corrected chi connectivity index (χ2v) is 7.08. The van der Waals surface area contributed by atoms with Crippen molar-refractivity contribution >= 4 is 28.7 Å². The lowest BCUT2D eigenvalue weighted by Gasteiger charge is -2.28. The van der Waals surface area contributed by atoms with E-state index in [-0.39, 0.29) is 6.42 Å². The number of fused-ring (bicyclic) bond motifs is 1. The molecule has 1 N–H and O–H groups in total. The first kappa shape index (κ1) is 20.2. The first-order valence-electron chi connectivity index (χ1n) is 9.80. The molecule has 0 aliphatic heterocycles. The van der Waals surface area contributed by atoms with Crippen molar-refractivity contribution in [3.8, 4) is 11.3 Å². The molecule has 0 aliphatic carbocycles. The Kier molecular flexibility index (Phi) is 5.71. The highest BCUT2D eigenvalue weighted by atomic mass is 16.5. The molecule has 0 spiro atoms. The topological polar surface area (TPSA) is 80.0 Å². The summed E-state index contributed by atoms with van der Waals surface area (Å²) in [5.74, 6) is -0.428. The minimum absolute atomic E-state index is 0.143. The monoisotopic (exact) mass is 415 g/mol. The van der Waals surface area contributed by atoms with Crippen LogP contribution >= 0.6 is 0 Å². The highest BCUT2D eigenvalue weighted by Crippen LogP contribution is 2.31. The Hall–Kier alpha value is -4.06. The molecule has 4 aromatic rings. The normalized spacial score (nSPS) is 11.8.